The monoisotopic (exact) mass is 403 g/mol. The molecule has 2 heterocycles. The maximum atomic E-state index is 12.5. The van der Waals surface area contributed by atoms with E-state index in [1.54, 1.807) is 0 Å². The van der Waals surface area contributed by atoms with Crippen molar-refractivity contribution in [2.45, 2.75) is 43.1 Å². The number of aryl methyl sites for hydroxylation is 1. The van der Waals surface area contributed by atoms with Crippen molar-refractivity contribution in [3.05, 3.63) is 54.1 Å². The fourth-order valence-corrected chi connectivity index (χ4v) is 4.15. The summed E-state index contributed by atoms with van der Waals surface area (Å²) in [6.45, 7) is 3.97. The molecule has 0 bridgehead atoms. The summed E-state index contributed by atoms with van der Waals surface area (Å²) in [6, 6.07) is 16.5. The van der Waals surface area contributed by atoms with Crippen LogP contribution in [0, 0.1) is 6.92 Å². The van der Waals surface area contributed by atoms with E-state index in [1.165, 1.54) is 17.3 Å². The number of carbonyl (C=O) groups excluding carboxylic acids is 1. The van der Waals surface area contributed by atoms with Crippen LogP contribution in [0.2, 0.25) is 0 Å². The number of rotatable bonds is 5. The summed E-state index contributed by atoms with van der Waals surface area (Å²) in [7, 11) is 0. The second-order valence-corrected chi connectivity index (χ2v) is 8.81. The number of nitrogens with zero attached hydrogens (tertiary/aromatic N) is 4. The van der Waals surface area contributed by atoms with Crippen molar-refractivity contribution in [1.82, 2.24) is 24.9 Å². The van der Waals surface area contributed by atoms with Crippen LogP contribution in [0.15, 0.2) is 53.7 Å². The minimum absolute atomic E-state index is 0.0416. The van der Waals surface area contributed by atoms with E-state index in [2.05, 4.69) is 46.7 Å². The fourth-order valence-electron chi connectivity index (χ4n) is 3.29. The lowest BCUT2D eigenvalue weighted by Crippen LogP contribution is -2.32. The van der Waals surface area contributed by atoms with E-state index in [4.69, 9.17) is 4.98 Å². The molecule has 6 nitrogen and oxygen atoms in total. The molecule has 5 rings (SSSR count). The quantitative estimate of drug-likeness (QED) is 0.510. The maximum Gasteiger partial charge on any atom is 0.233 e. The van der Waals surface area contributed by atoms with E-state index in [1.807, 2.05) is 35.6 Å². The lowest BCUT2D eigenvalue weighted by atomic mass is 10.1. The van der Waals surface area contributed by atoms with Gasteiger partial charge < -0.3 is 5.32 Å². The largest absolute Gasteiger partial charge is 0.352 e. The Morgan fingerprint density at radius 3 is 2.66 bits per heavy atom. The zero-order chi connectivity index (χ0) is 20.0. The molecule has 1 aliphatic rings. The molecule has 0 radical (unpaired) electrons. The third-order valence-corrected chi connectivity index (χ3v) is 6.14. The topological polar surface area (TPSA) is 72.2 Å². The minimum Gasteiger partial charge on any atom is -0.352 e. The molecule has 2 aromatic carbocycles. The maximum absolute atomic E-state index is 12.5. The first-order valence-corrected chi connectivity index (χ1v) is 10.7. The molecule has 1 N–H and O–H groups in total. The Morgan fingerprint density at radius 2 is 1.90 bits per heavy atom. The van der Waals surface area contributed by atoms with E-state index < -0.39 is 0 Å². The number of fused-ring (bicyclic) bond motifs is 3. The number of nitrogens with one attached hydrogen (secondary N) is 1. The van der Waals surface area contributed by atoms with Gasteiger partial charge >= 0.3 is 0 Å². The Kier molecular flexibility index (Phi) is 4.47. The number of carbonyl (C=O) groups is 1. The van der Waals surface area contributed by atoms with Crippen LogP contribution in [0.3, 0.4) is 0 Å². The first-order chi connectivity index (χ1) is 14.1. The van der Waals surface area contributed by atoms with Crippen molar-refractivity contribution in [2.75, 3.05) is 0 Å². The predicted molar refractivity (Wildman–Crippen MR) is 115 cm³/mol. The summed E-state index contributed by atoms with van der Waals surface area (Å²) in [4.78, 5) is 17.4. The Bertz CT molecular complexity index is 1210. The highest BCUT2D eigenvalue weighted by Gasteiger charge is 2.27. The SMILES string of the molecule is Cc1ccc(-c2nc3ccccc3c3nnc(S[C@H](C)C(=O)NC4CC4)n23)cc1. The number of hydrogen-bond donors (Lipinski definition) is 1. The van der Waals surface area contributed by atoms with Crippen molar-refractivity contribution >= 4 is 34.2 Å². The van der Waals surface area contributed by atoms with Crippen molar-refractivity contribution in [1.29, 1.82) is 0 Å². The molecule has 4 aromatic rings. The van der Waals surface area contributed by atoms with Crippen molar-refractivity contribution in [2.24, 2.45) is 0 Å². The van der Waals surface area contributed by atoms with Crippen molar-refractivity contribution in [3.63, 3.8) is 0 Å². The van der Waals surface area contributed by atoms with E-state index in [9.17, 15) is 4.79 Å². The molecule has 1 atom stereocenters. The van der Waals surface area contributed by atoms with Crippen LogP contribution < -0.4 is 5.32 Å². The molecule has 0 aliphatic heterocycles. The summed E-state index contributed by atoms with van der Waals surface area (Å²) in [5.74, 6) is 0.820. The Balaban J connectivity index is 1.63. The number of benzene rings is 2. The molecule has 0 spiro atoms. The lowest BCUT2D eigenvalue weighted by molar-refractivity contribution is -0.120. The summed E-state index contributed by atoms with van der Waals surface area (Å²) < 4.78 is 1.97. The number of thioether (sulfide) groups is 1. The van der Waals surface area contributed by atoms with Gasteiger partial charge in [-0.05, 0) is 38.8 Å². The summed E-state index contributed by atoms with van der Waals surface area (Å²) >= 11 is 1.42. The number of hydrogen-bond acceptors (Lipinski definition) is 5. The average Bonchev–Trinajstić information content (AvgIpc) is 3.45. The first-order valence-electron chi connectivity index (χ1n) is 9.78. The fraction of sp³-hybridized carbons (Fsp3) is 0.273. The lowest BCUT2D eigenvalue weighted by Gasteiger charge is -2.12. The molecule has 1 fully saturated rings. The molecule has 0 unspecified atom stereocenters. The second-order valence-electron chi connectivity index (χ2n) is 7.50. The highest BCUT2D eigenvalue weighted by Crippen LogP contribution is 2.31. The van der Waals surface area contributed by atoms with Crippen molar-refractivity contribution < 1.29 is 4.79 Å². The van der Waals surface area contributed by atoms with Crippen LogP contribution in [0.5, 0.6) is 0 Å². The van der Waals surface area contributed by atoms with Gasteiger partial charge in [0.15, 0.2) is 10.8 Å². The van der Waals surface area contributed by atoms with Gasteiger partial charge in [0.25, 0.3) is 0 Å². The van der Waals surface area contributed by atoms with Gasteiger partial charge in [-0.25, -0.2) is 4.98 Å². The second kappa shape index (κ2) is 7.15. The van der Waals surface area contributed by atoms with Crippen LogP contribution in [0.1, 0.15) is 25.3 Å². The molecule has 1 aliphatic carbocycles. The normalized spacial score (nSPS) is 15.0. The summed E-state index contributed by atoms with van der Waals surface area (Å²) in [5, 5.41) is 13.3. The Labute approximate surface area is 172 Å². The van der Waals surface area contributed by atoms with Gasteiger partial charge in [0.05, 0.1) is 10.8 Å². The molecular weight excluding hydrogens is 382 g/mol. The number of para-hydroxylation sites is 1. The smallest absolute Gasteiger partial charge is 0.233 e. The van der Waals surface area contributed by atoms with Crippen molar-refractivity contribution in [3.8, 4) is 11.4 Å². The molecule has 7 heteroatoms. The highest BCUT2D eigenvalue weighted by molar-refractivity contribution is 8.00. The van der Waals surface area contributed by atoms with E-state index in [-0.39, 0.29) is 11.2 Å². The van der Waals surface area contributed by atoms with E-state index in [0.717, 1.165) is 40.8 Å². The molecule has 2 aromatic heterocycles. The van der Waals surface area contributed by atoms with E-state index >= 15 is 0 Å². The van der Waals surface area contributed by atoms with Gasteiger partial charge in [-0.2, -0.15) is 0 Å². The first kappa shape index (κ1) is 18.1. The van der Waals surface area contributed by atoms with Gasteiger partial charge in [-0.1, -0.05) is 53.7 Å². The third kappa shape index (κ3) is 3.46. The molecule has 1 amide bonds. The summed E-state index contributed by atoms with van der Waals surface area (Å²) in [6.07, 6.45) is 2.15. The van der Waals surface area contributed by atoms with Gasteiger partial charge in [-0.15, -0.1) is 10.2 Å². The molecule has 0 saturated heterocycles. The Morgan fingerprint density at radius 1 is 1.14 bits per heavy atom. The van der Waals surface area contributed by atoms with Crippen LogP contribution in [-0.2, 0) is 4.79 Å². The van der Waals surface area contributed by atoms with Crippen LogP contribution in [0.4, 0.5) is 0 Å². The van der Waals surface area contributed by atoms with Gasteiger partial charge in [0.2, 0.25) is 5.91 Å². The molecule has 1 saturated carbocycles. The zero-order valence-electron chi connectivity index (χ0n) is 16.3. The zero-order valence-corrected chi connectivity index (χ0v) is 17.1. The number of amides is 1. The van der Waals surface area contributed by atoms with Gasteiger partial charge in [0, 0.05) is 17.0 Å². The van der Waals surface area contributed by atoms with Gasteiger partial charge in [-0.3, -0.25) is 9.20 Å². The van der Waals surface area contributed by atoms with Crippen LogP contribution in [0.25, 0.3) is 27.9 Å². The third-order valence-electron chi connectivity index (χ3n) is 5.10. The molecule has 146 valence electrons. The van der Waals surface area contributed by atoms with Crippen LogP contribution in [-0.4, -0.2) is 36.8 Å². The van der Waals surface area contributed by atoms with E-state index in [0.29, 0.717) is 11.2 Å². The summed E-state index contributed by atoms with van der Waals surface area (Å²) in [5.41, 5.74) is 3.81. The van der Waals surface area contributed by atoms with Gasteiger partial charge in [0.1, 0.15) is 5.82 Å². The minimum atomic E-state index is -0.264. The van der Waals surface area contributed by atoms with Crippen LogP contribution >= 0.6 is 11.8 Å². The Hall–Kier alpha value is -2.93. The number of aromatic nitrogens is 4. The molecular formula is C22H21N5OS. The molecule has 29 heavy (non-hydrogen) atoms. The predicted octanol–water partition coefficient (Wildman–Crippen LogP) is 4.01. The standard InChI is InChI=1S/C22H21N5OS/c1-13-7-9-15(10-8-13)19-24-18-6-4-3-5-17(18)20-25-26-22(27(19)20)29-14(2)21(28)23-16-11-12-16/h3-10,14,16H,11-12H2,1-2H3,(H,23,28)/t14-/m1/s1. The average molecular weight is 404 g/mol. The highest BCUT2D eigenvalue weighted by atomic mass is 32.2.